The Kier molecular flexibility index (Phi) is 6.15. The highest BCUT2D eigenvalue weighted by molar-refractivity contribution is 9.10. The SMILES string of the molecule is CCC(CCO)CNc1cccc(Br)c1C(=O)O. The fourth-order valence-corrected chi connectivity index (χ4v) is 2.31. The van der Waals surface area contributed by atoms with Crippen LogP contribution in [-0.4, -0.2) is 29.3 Å². The Hall–Kier alpha value is -1.07. The predicted molar refractivity (Wildman–Crippen MR) is 75.1 cm³/mol. The molecule has 1 atom stereocenters. The van der Waals surface area contributed by atoms with Crippen LogP contribution in [-0.2, 0) is 0 Å². The van der Waals surface area contributed by atoms with Crippen LogP contribution in [0.3, 0.4) is 0 Å². The first-order valence-corrected chi connectivity index (χ1v) is 6.76. The molecule has 0 heterocycles. The van der Waals surface area contributed by atoms with Gasteiger partial charge in [-0.05, 0) is 40.4 Å². The monoisotopic (exact) mass is 315 g/mol. The summed E-state index contributed by atoms with van der Waals surface area (Å²) in [5, 5.41) is 21.2. The summed E-state index contributed by atoms with van der Waals surface area (Å²) in [6.07, 6.45) is 1.67. The van der Waals surface area contributed by atoms with E-state index in [1.165, 1.54) is 0 Å². The minimum atomic E-state index is -0.958. The Morgan fingerprint density at radius 1 is 1.50 bits per heavy atom. The Balaban J connectivity index is 2.78. The molecule has 0 fully saturated rings. The lowest BCUT2D eigenvalue weighted by Crippen LogP contribution is -2.16. The number of hydrogen-bond donors (Lipinski definition) is 3. The second kappa shape index (κ2) is 7.38. The summed E-state index contributed by atoms with van der Waals surface area (Å²) in [5.41, 5.74) is 0.851. The lowest BCUT2D eigenvalue weighted by atomic mass is 10.0. The van der Waals surface area contributed by atoms with Gasteiger partial charge in [-0.2, -0.15) is 0 Å². The summed E-state index contributed by atoms with van der Waals surface area (Å²) in [4.78, 5) is 11.2. The second-order valence-corrected chi connectivity index (χ2v) is 4.99. The minimum Gasteiger partial charge on any atom is -0.478 e. The number of rotatable bonds is 7. The van der Waals surface area contributed by atoms with E-state index < -0.39 is 5.97 Å². The number of hydrogen-bond acceptors (Lipinski definition) is 3. The fraction of sp³-hybridized carbons (Fsp3) is 0.462. The fourth-order valence-electron chi connectivity index (χ4n) is 1.78. The molecule has 1 aromatic rings. The van der Waals surface area contributed by atoms with E-state index in [2.05, 4.69) is 28.2 Å². The number of aliphatic hydroxyl groups is 1. The van der Waals surface area contributed by atoms with Crippen LogP contribution >= 0.6 is 15.9 Å². The summed E-state index contributed by atoms with van der Waals surface area (Å²) < 4.78 is 0.565. The number of nitrogens with one attached hydrogen (secondary N) is 1. The first kappa shape index (κ1) is 15.0. The van der Waals surface area contributed by atoms with Crippen molar-refractivity contribution >= 4 is 27.6 Å². The van der Waals surface area contributed by atoms with Crippen molar-refractivity contribution in [2.75, 3.05) is 18.5 Å². The van der Waals surface area contributed by atoms with Gasteiger partial charge in [-0.25, -0.2) is 4.79 Å². The summed E-state index contributed by atoms with van der Waals surface area (Å²) in [5.74, 6) is -0.615. The molecule has 3 N–H and O–H groups in total. The van der Waals surface area contributed by atoms with E-state index in [1.807, 2.05) is 0 Å². The Morgan fingerprint density at radius 3 is 2.78 bits per heavy atom. The van der Waals surface area contributed by atoms with Crippen molar-refractivity contribution in [2.45, 2.75) is 19.8 Å². The summed E-state index contributed by atoms with van der Waals surface area (Å²) in [6.45, 7) is 2.87. The highest BCUT2D eigenvalue weighted by atomic mass is 79.9. The first-order valence-electron chi connectivity index (χ1n) is 5.96. The van der Waals surface area contributed by atoms with Crippen LogP contribution in [0.15, 0.2) is 22.7 Å². The second-order valence-electron chi connectivity index (χ2n) is 4.14. The smallest absolute Gasteiger partial charge is 0.338 e. The number of carbonyl (C=O) groups is 1. The molecule has 0 bridgehead atoms. The molecule has 18 heavy (non-hydrogen) atoms. The van der Waals surface area contributed by atoms with E-state index in [0.717, 1.165) is 12.8 Å². The lowest BCUT2D eigenvalue weighted by Gasteiger charge is -2.17. The Labute approximate surface area is 115 Å². The van der Waals surface area contributed by atoms with Gasteiger partial charge in [-0.3, -0.25) is 0 Å². The molecule has 0 aliphatic heterocycles. The molecule has 0 amide bonds. The molecule has 0 aliphatic carbocycles. The van der Waals surface area contributed by atoms with Crippen molar-refractivity contribution in [3.63, 3.8) is 0 Å². The van der Waals surface area contributed by atoms with Crippen LogP contribution in [0.5, 0.6) is 0 Å². The zero-order valence-electron chi connectivity index (χ0n) is 10.3. The largest absolute Gasteiger partial charge is 0.478 e. The molecule has 0 spiro atoms. The van der Waals surface area contributed by atoms with E-state index in [-0.39, 0.29) is 12.2 Å². The zero-order chi connectivity index (χ0) is 13.5. The lowest BCUT2D eigenvalue weighted by molar-refractivity contribution is 0.0697. The van der Waals surface area contributed by atoms with Crippen molar-refractivity contribution in [2.24, 2.45) is 5.92 Å². The van der Waals surface area contributed by atoms with Crippen LogP contribution in [0.25, 0.3) is 0 Å². The number of benzene rings is 1. The van der Waals surface area contributed by atoms with Gasteiger partial charge in [0, 0.05) is 23.3 Å². The molecule has 1 unspecified atom stereocenters. The van der Waals surface area contributed by atoms with Crippen LogP contribution < -0.4 is 5.32 Å². The average Bonchev–Trinajstić information content (AvgIpc) is 2.33. The van der Waals surface area contributed by atoms with Crippen molar-refractivity contribution in [1.82, 2.24) is 0 Å². The van der Waals surface area contributed by atoms with E-state index in [1.54, 1.807) is 18.2 Å². The van der Waals surface area contributed by atoms with Crippen molar-refractivity contribution in [3.05, 3.63) is 28.2 Å². The maximum atomic E-state index is 11.2. The van der Waals surface area contributed by atoms with Gasteiger partial charge in [0.2, 0.25) is 0 Å². The zero-order valence-corrected chi connectivity index (χ0v) is 11.9. The van der Waals surface area contributed by atoms with Crippen molar-refractivity contribution in [1.29, 1.82) is 0 Å². The van der Waals surface area contributed by atoms with Gasteiger partial charge in [0.05, 0.1) is 5.56 Å². The standard InChI is InChI=1S/C13H18BrNO3/c1-2-9(6-7-16)8-15-11-5-3-4-10(14)12(11)13(17)18/h3-5,9,15-16H,2,6-8H2,1H3,(H,17,18). The number of halogens is 1. The normalized spacial score (nSPS) is 12.2. The number of carboxylic acids is 1. The molecular formula is C13H18BrNO3. The van der Waals surface area contributed by atoms with Gasteiger partial charge < -0.3 is 15.5 Å². The molecule has 0 radical (unpaired) electrons. The van der Waals surface area contributed by atoms with E-state index in [4.69, 9.17) is 10.2 Å². The van der Waals surface area contributed by atoms with Crippen molar-refractivity contribution < 1.29 is 15.0 Å². The third-order valence-corrected chi connectivity index (χ3v) is 3.58. The number of carboxylic acid groups (broad SMARTS) is 1. The summed E-state index contributed by atoms with van der Waals surface area (Å²) >= 11 is 3.24. The van der Waals surface area contributed by atoms with Crippen LogP contribution in [0, 0.1) is 5.92 Å². The topological polar surface area (TPSA) is 69.6 Å². The third-order valence-electron chi connectivity index (χ3n) is 2.92. The molecule has 100 valence electrons. The van der Waals surface area contributed by atoms with Gasteiger partial charge >= 0.3 is 5.97 Å². The van der Waals surface area contributed by atoms with Gasteiger partial charge in [0.25, 0.3) is 0 Å². The molecule has 4 nitrogen and oxygen atoms in total. The van der Waals surface area contributed by atoms with Crippen LogP contribution in [0.1, 0.15) is 30.1 Å². The highest BCUT2D eigenvalue weighted by Crippen LogP contribution is 2.25. The number of aliphatic hydroxyl groups excluding tert-OH is 1. The highest BCUT2D eigenvalue weighted by Gasteiger charge is 2.14. The Bertz CT molecular complexity index is 409. The molecule has 0 saturated heterocycles. The summed E-state index contributed by atoms with van der Waals surface area (Å²) in [6, 6.07) is 5.26. The third kappa shape index (κ3) is 3.99. The Morgan fingerprint density at radius 2 is 2.22 bits per heavy atom. The van der Waals surface area contributed by atoms with E-state index >= 15 is 0 Å². The molecule has 0 saturated carbocycles. The predicted octanol–water partition coefficient (Wildman–Crippen LogP) is 2.97. The minimum absolute atomic E-state index is 0.157. The molecular weight excluding hydrogens is 298 g/mol. The van der Waals surface area contributed by atoms with Crippen LogP contribution in [0.2, 0.25) is 0 Å². The maximum absolute atomic E-state index is 11.2. The molecule has 0 aliphatic rings. The van der Waals surface area contributed by atoms with Gasteiger partial charge in [0.1, 0.15) is 0 Å². The molecule has 1 rings (SSSR count). The van der Waals surface area contributed by atoms with Crippen LogP contribution in [0.4, 0.5) is 5.69 Å². The number of anilines is 1. The quantitative estimate of drug-likeness (QED) is 0.723. The average molecular weight is 316 g/mol. The molecule has 5 heteroatoms. The number of aromatic carboxylic acids is 1. The van der Waals surface area contributed by atoms with Gasteiger partial charge in [-0.1, -0.05) is 19.4 Å². The van der Waals surface area contributed by atoms with E-state index in [0.29, 0.717) is 22.6 Å². The summed E-state index contributed by atoms with van der Waals surface area (Å²) in [7, 11) is 0. The van der Waals surface area contributed by atoms with Gasteiger partial charge in [0.15, 0.2) is 0 Å². The van der Waals surface area contributed by atoms with Gasteiger partial charge in [-0.15, -0.1) is 0 Å². The molecule has 0 aromatic heterocycles. The van der Waals surface area contributed by atoms with Crippen molar-refractivity contribution in [3.8, 4) is 0 Å². The maximum Gasteiger partial charge on any atom is 0.338 e. The first-order chi connectivity index (χ1) is 8.60. The molecule has 1 aromatic carbocycles. The van der Waals surface area contributed by atoms with E-state index in [9.17, 15) is 4.79 Å².